The number of carbonyl (C=O) groups is 1. The highest BCUT2D eigenvalue weighted by molar-refractivity contribution is 6.43. The van der Waals surface area contributed by atoms with Gasteiger partial charge in [0.1, 0.15) is 23.0 Å². The van der Waals surface area contributed by atoms with Crippen molar-refractivity contribution in [3.05, 3.63) is 87.6 Å². The molecule has 0 amide bonds. The number of hydrogen-bond donors (Lipinski definition) is 0. The second-order valence-electron chi connectivity index (χ2n) is 6.26. The Balaban J connectivity index is 1.59. The highest BCUT2D eigenvalue weighted by Gasteiger charge is 2.22. The van der Waals surface area contributed by atoms with Crippen molar-refractivity contribution < 1.29 is 18.7 Å². The summed E-state index contributed by atoms with van der Waals surface area (Å²) in [6.45, 7) is 2.52. The van der Waals surface area contributed by atoms with E-state index in [1.54, 1.807) is 36.4 Å². The average Bonchev–Trinajstić information content (AvgIpc) is 3.32. The molecule has 1 aliphatic heterocycles. The second kappa shape index (κ2) is 8.19. The van der Waals surface area contributed by atoms with Gasteiger partial charge < -0.3 is 13.9 Å². The lowest BCUT2D eigenvalue weighted by Crippen LogP contribution is -1.97. The molecule has 29 heavy (non-hydrogen) atoms. The van der Waals surface area contributed by atoms with Crippen LogP contribution in [0.25, 0.3) is 23.2 Å². The second-order valence-corrected chi connectivity index (χ2v) is 7.04. The van der Waals surface area contributed by atoms with Gasteiger partial charge in [0.2, 0.25) is 0 Å². The van der Waals surface area contributed by atoms with Gasteiger partial charge in [-0.3, -0.25) is 0 Å². The van der Waals surface area contributed by atoms with Gasteiger partial charge in [0.15, 0.2) is 0 Å². The number of hydrogen-bond acceptors (Lipinski definition) is 4. The smallest absolute Gasteiger partial charge is 0.343 e. The summed E-state index contributed by atoms with van der Waals surface area (Å²) in [5, 5.41) is 0.864. The zero-order valence-corrected chi connectivity index (χ0v) is 17.0. The van der Waals surface area contributed by atoms with Gasteiger partial charge in [-0.1, -0.05) is 29.3 Å². The van der Waals surface area contributed by atoms with Crippen molar-refractivity contribution >= 4 is 41.0 Å². The Labute approximate surface area is 178 Å². The minimum absolute atomic E-state index is 0.395. The van der Waals surface area contributed by atoms with Crippen LogP contribution >= 0.6 is 23.2 Å². The van der Waals surface area contributed by atoms with Crippen molar-refractivity contribution in [2.45, 2.75) is 6.92 Å². The zero-order chi connectivity index (χ0) is 20.4. The summed E-state index contributed by atoms with van der Waals surface area (Å²) < 4.78 is 16.6. The third kappa shape index (κ3) is 4.09. The van der Waals surface area contributed by atoms with E-state index in [0.29, 0.717) is 45.1 Å². The lowest BCUT2D eigenvalue weighted by Gasteiger charge is -2.05. The van der Waals surface area contributed by atoms with E-state index in [9.17, 15) is 4.79 Å². The number of furan rings is 1. The van der Waals surface area contributed by atoms with Gasteiger partial charge in [0, 0.05) is 11.1 Å². The molecule has 0 saturated heterocycles. The highest BCUT2D eigenvalue weighted by atomic mass is 35.5. The van der Waals surface area contributed by atoms with Crippen molar-refractivity contribution in [2.75, 3.05) is 6.61 Å². The maximum absolute atomic E-state index is 12.3. The molecule has 4 rings (SSSR count). The summed E-state index contributed by atoms with van der Waals surface area (Å²) >= 11 is 12.3. The Morgan fingerprint density at radius 2 is 1.83 bits per heavy atom. The Morgan fingerprint density at radius 3 is 2.59 bits per heavy atom. The molecule has 4 nitrogen and oxygen atoms in total. The van der Waals surface area contributed by atoms with Gasteiger partial charge in [0.25, 0.3) is 0 Å². The molecule has 0 atom stereocenters. The molecule has 146 valence electrons. The molecule has 6 heteroatoms. The van der Waals surface area contributed by atoms with Crippen LogP contribution in [-0.2, 0) is 9.53 Å². The molecule has 0 spiro atoms. The number of carbonyl (C=O) groups excluding carboxylic acids is 1. The van der Waals surface area contributed by atoms with E-state index in [0.717, 1.165) is 11.3 Å². The standard InChI is InChI=1S/C23H16Cl2O4/c1-2-27-16-8-6-14(7-9-16)21-13-15(23(26)29-21)12-17-10-11-20(28-17)18-4-3-5-19(24)22(18)25/h3-13H,2H2,1H3/b15-12-. The Hall–Kier alpha value is -2.95. The van der Waals surface area contributed by atoms with Gasteiger partial charge in [-0.15, -0.1) is 0 Å². The Bertz CT molecular complexity index is 1120. The molecule has 0 N–H and O–H groups in total. The van der Waals surface area contributed by atoms with Gasteiger partial charge >= 0.3 is 5.97 Å². The van der Waals surface area contributed by atoms with Crippen LogP contribution in [0.5, 0.6) is 5.75 Å². The monoisotopic (exact) mass is 426 g/mol. The molecule has 1 aromatic heterocycles. The van der Waals surface area contributed by atoms with Crippen LogP contribution in [0, 0.1) is 0 Å². The fraction of sp³-hybridized carbons (Fsp3) is 0.0870. The zero-order valence-electron chi connectivity index (χ0n) is 15.4. The molecule has 0 fully saturated rings. The first-order valence-corrected chi connectivity index (χ1v) is 9.74. The van der Waals surface area contributed by atoms with Crippen molar-refractivity contribution in [3.63, 3.8) is 0 Å². The molecule has 3 aromatic rings. The number of benzene rings is 2. The van der Waals surface area contributed by atoms with E-state index in [4.69, 9.17) is 37.1 Å². The fourth-order valence-electron chi connectivity index (χ4n) is 2.94. The number of esters is 1. The molecule has 0 radical (unpaired) electrons. The molecular weight excluding hydrogens is 411 g/mol. The quantitative estimate of drug-likeness (QED) is 0.339. The molecule has 2 aromatic carbocycles. The van der Waals surface area contributed by atoms with Crippen LogP contribution in [-0.4, -0.2) is 12.6 Å². The summed E-state index contributed by atoms with van der Waals surface area (Å²) in [5.41, 5.74) is 1.87. The summed E-state index contributed by atoms with van der Waals surface area (Å²) in [4.78, 5) is 12.3. The van der Waals surface area contributed by atoms with E-state index < -0.39 is 5.97 Å². The van der Waals surface area contributed by atoms with Crippen LogP contribution < -0.4 is 4.74 Å². The first kappa shape index (κ1) is 19.4. The summed E-state index contributed by atoms with van der Waals surface area (Å²) in [7, 11) is 0. The molecule has 0 unspecified atom stereocenters. The van der Waals surface area contributed by atoms with E-state index in [-0.39, 0.29) is 0 Å². The van der Waals surface area contributed by atoms with Crippen molar-refractivity contribution in [1.82, 2.24) is 0 Å². The molecule has 2 heterocycles. The summed E-state index contributed by atoms with van der Waals surface area (Å²) in [6, 6.07) is 16.2. The number of cyclic esters (lactones) is 1. The van der Waals surface area contributed by atoms with Crippen molar-refractivity contribution in [1.29, 1.82) is 0 Å². The van der Waals surface area contributed by atoms with Crippen molar-refractivity contribution in [3.8, 4) is 17.1 Å². The number of ether oxygens (including phenoxy) is 2. The van der Waals surface area contributed by atoms with E-state index in [1.165, 1.54) is 0 Å². The largest absolute Gasteiger partial charge is 0.494 e. The highest BCUT2D eigenvalue weighted by Crippen LogP contribution is 2.35. The molecule has 1 aliphatic rings. The van der Waals surface area contributed by atoms with E-state index >= 15 is 0 Å². The lowest BCUT2D eigenvalue weighted by molar-refractivity contribution is -0.130. The average molecular weight is 427 g/mol. The van der Waals surface area contributed by atoms with Gasteiger partial charge in [0.05, 0.1) is 22.2 Å². The predicted molar refractivity (Wildman–Crippen MR) is 114 cm³/mol. The minimum atomic E-state index is -0.437. The van der Waals surface area contributed by atoms with Crippen LogP contribution in [0.1, 0.15) is 18.2 Å². The van der Waals surface area contributed by atoms with Crippen molar-refractivity contribution in [2.24, 2.45) is 0 Å². The van der Waals surface area contributed by atoms with E-state index in [1.807, 2.05) is 37.3 Å². The SMILES string of the molecule is CCOc1ccc(C2=C/C(=C/c3ccc(-c4cccc(Cl)c4Cl)o3)C(=O)O2)cc1. The molecule has 0 saturated carbocycles. The van der Waals surface area contributed by atoms with Crippen LogP contribution in [0.2, 0.25) is 10.0 Å². The summed E-state index contributed by atoms with van der Waals surface area (Å²) in [6.07, 6.45) is 3.32. The first-order chi connectivity index (χ1) is 14.0. The van der Waals surface area contributed by atoms with Gasteiger partial charge in [-0.05, 0) is 67.6 Å². The topological polar surface area (TPSA) is 48.7 Å². The van der Waals surface area contributed by atoms with Gasteiger partial charge in [-0.25, -0.2) is 4.79 Å². The maximum Gasteiger partial charge on any atom is 0.343 e. The number of rotatable bonds is 5. The number of halogens is 2. The predicted octanol–water partition coefficient (Wildman–Crippen LogP) is 6.63. The third-order valence-electron chi connectivity index (χ3n) is 4.32. The normalized spacial score (nSPS) is 14.8. The van der Waals surface area contributed by atoms with E-state index in [2.05, 4.69) is 0 Å². The maximum atomic E-state index is 12.3. The first-order valence-electron chi connectivity index (χ1n) is 8.98. The lowest BCUT2D eigenvalue weighted by atomic mass is 10.1. The Morgan fingerprint density at radius 1 is 1.03 bits per heavy atom. The van der Waals surface area contributed by atoms with Crippen LogP contribution in [0.3, 0.4) is 0 Å². The van der Waals surface area contributed by atoms with Crippen LogP contribution in [0.4, 0.5) is 0 Å². The van der Waals surface area contributed by atoms with Gasteiger partial charge in [-0.2, -0.15) is 0 Å². The Kier molecular flexibility index (Phi) is 5.47. The molecule has 0 aliphatic carbocycles. The third-order valence-corrected chi connectivity index (χ3v) is 5.14. The summed E-state index contributed by atoms with van der Waals surface area (Å²) in [5.74, 6) is 1.87. The van der Waals surface area contributed by atoms with Crippen LogP contribution in [0.15, 0.2) is 70.7 Å². The molecule has 0 bridgehead atoms. The minimum Gasteiger partial charge on any atom is -0.494 e. The fourth-order valence-corrected chi connectivity index (χ4v) is 3.33. The molecular formula is C23H16Cl2O4.